The summed E-state index contributed by atoms with van der Waals surface area (Å²) >= 11 is 5.46. The van der Waals surface area contributed by atoms with Gasteiger partial charge < -0.3 is 9.63 Å². The van der Waals surface area contributed by atoms with E-state index in [1.807, 2.05) is 0 Å². The molecular formula is C10H6ClFN2O5S. The van der Waals surface area contributed by atoms with Crippen molar-refractivity contribution in [3.63, 3.8) is 0 Å². The predicted octanol–water partition coefficient (Wildman–Crippen LogP) is 1.53. The highest BCUT2D eigenvalue weighted by atomic mass is 35.5. The summed E-state index contributed by atoms with van der Waals surface area (Å²) in [4.78, 5) is 13.9. The lowest BCUT2D eigenvalue weighted by Crippen LogP contribution is -2.09. The van der Waals surface area contributed by atoms with E-state index in [-0.39, 0.29) is 5.82 Å². The molecule has 0 saturated carbocycles. The van der Waals surface area contributed by atoms with E-state index in [9.17, 15) is 17.6 Å². The molecule has 0 bridgehead atoms. The molecule has 2 aromatic rings. The molecule has 0 aliphatic carbocycles. The quantitative estimate of drug-likeness (QED) is 0.909. The molecule has 1 aromatic heterocycles. The molecule has 0 spiro atoms. The van der Waals surface area contributed by atoms with E-state index in [0.29, 0.717) is 6.07 Å². The van der Waals surface area contributed by atoms with Gasteiger partial charge in [0.05, 0.1) is 15.5 Å². The van der Waals surface area contributed by atoms with Crippen LogP contribution < -0.4 is 0 Å². The van der Waals surface area contributed by atoms with Crippen molar-refractivity contribution in [2.75, 3.05) is 0 Å². The van der Waals surface area contributed by atoms with Crippen molar-refractivity contribution in [1.29, 1.82) is 0 Å². The fourth-order valence-electron chi connectivity index (χ4n) is 1.41. The van der Waals surface area contributed by atoms with Gasteiger partial charge in [-0.1, -0.05) is 16.8 Å². The maximum Gasteiger partial charge on any atom is 0.337 e. The average Bonchev–Trinajstić information content (AvgIpc) is 2.83. The molecule has 10 heteroatoms. The summed E-state index contributed by atoms with van der Waals surface area (Å²) in [7, 11) is -4.03. The van der Waals surface area contributed by atoms with Gasteiger partial charge in [0.25, 0.3) is 0 Å². The van der Waals surface area contributed by atoms with E-state index in [2.05, 4.69) is 14.7 Å². The van der Waals surface area contributed by atoms with E-state index >= 15 is 0 Å². The standard InChI is InChI=1S/C10H6ClFN2O5S/c11-9-6(10(15)16)1-5(2-7(9)12)20(17,18)3-8-13-4-19-14-8/h1-2,4H,3H2,(H,15,16). The summed E-state index contributed by atoms with van der Waals surface area (Å²) in [5.41, 5.74) is -0.640. The van der Waals surface area contributed by atoms with Crippen LogP contribution in [0.25, 0.3) is 0 Å². The van der Waals surface area contributed by atoms with Crippen molar-refractivity contribution in [2.45, 2.75) is 10.6 Å². The zero-order chi connectivity index (χ0) is 14.9. The van der Waals surface area contributed by atoms with Crippen LogP contribution in [0.1, 0.15) is 16.2 Å². The van der Waals surface area contributed by atoms with Gasteiger partial charge in [-0.05, 0) is 12.1 Å². The summed E-state index contributed by atoms with van der Waals surface area (Å²) < 4.78 is 41.9. The fourth-order valence-corrected chi connectivity index (χ4v) is 2.81. The molecule has 1 aromatic carbocycles. The van der Waals surface area contributed by atoms with Crippen LogP contribution >= 0.6 is 11.6 Å². The number of carbonyl (C=O) groups is 1. The molecule has 0 fully saturated rings. The Labute approximate surface area is 116 Å². The Kier molecular flexibility index (Phi) is 3.73. The molecule has 1 N–H and O–H groups in total. The zero-order valence-corrected chi connectivity index (χ0v) is 11.2. The molecule has 20 heavy (non-hydrogen) atoms. The first-order valence-electron chi connectivity index (χ1n) is 5.01. The molecule has 0 atom stereocenters. The van der Waals surface area contributed by atoms with Gasteiger partial charge in [-0.2, -0.15) is 4.98 Å². The van der Waals surface area contributed by atoms with Crippen LogP contribution in [0.15, 0.2) is 27.9 Å². The number of aromatic nitrogens is 2. The second-order valence-electron chi connectivity index (χ2n) is 3.68. The maximum absolute atomic E-state index is 13.5. The lowest BCUT2D eigenvalue weighted by atomic mass is 10.2. The van der Waals surface area contributed by atoms with Crippen molar-refractivity contribution in [2.24, 2.45) is 0 Å². The van der Waals surface area contributed by atoms with Gasteiger partial charge in [-0.25, -0.2) is 17.6 Å². The Morgan fingerprint density at radius 3 is 2.70 bits per heavy atom. The lowest BCUT2D eigenvalue weighted by molar-refractivity contribution is 0.0696. The van der Waals surface area contributed by atoms with Crippen LogP contribution in [0.4, 0.5) is 4.39 Å². The normalized spacial score (nSPS) is 11.5. The predicted molar refractivity (Wildman–Crippen MR) is 63.6 cm³/mol. The van der Waals surface area contributed by atoms with Crippen molar-refractivity contribution in [1.82, 2.24) is 10.1 Å². The summed E-state index contributed by atoms with van der Waals surface area (Å²) in [5, 5.41) is 11.5. The minimum absolute atomic E-state index is 0.128. The second-order valence-corrected chi connectivity index (χ2v) is 6.05. The number of carboxylic acid groups (broad SMARTS) is 1. The third kappa shape index (κ3) is 2.78. The number of aromatic carboxylic acids is 1. The number of carboxylic acids is 1. The number of sulfone groups is 1. The lowest BCUT2D eigenvalue weighted by Gasteiger charge is -2.06. The van der Waals surface area contributed by atoms with Crippen LogP contribution in [-0.4, -0.2) is 29.6 Å². The Morgan fingerprint density at radius 1 is 1.45 bits per heavy atom. The Hall–Kier alpha value is -2.00. The maximum atomic E-state index is 13.5. The number of halogens is 2. The molecule has 0 saturated heterocycles. The van der Waals surface area contributed by atoms with Gasteiger partial charge in [-0.15, -0.1) is 0 Å². The molecule has 7 nitrogen and oxygen atoms in total. The molecular weight excluding hydrogens is 315 g/mol. The molecule has 0 aliphatic heterocycles. The first-order chi connectivity index (χ1) is 9.31. The van der Waals surface area contributed by atoms with E-state index in [1.165, 1.54) is 0 Å². The Balaban J connectivity index is 2.49. The Bertz CT molecular complexity index is 760. The highest BCUT2D eigenvalue weighted by Gasteiger charge is 2.23. The molecule has 0 amide bonds. The largest absolute Gasteiger partial charge is 0.478 e. The van der Waals surface area contributed by atoms with Gasteiger partial charge in [0, 0.05) is 0 Å². The molecule has 106 valence electrons. The van der Waals surface area contributed by atoms with Crippen LogP contribution in [-0.2, 0) is 15.6 Å². The van der Waals surface area contributed by atoms with E-state index in [1.54, 1.807) is 0 Å². The zero-order valence-electron chi connectivity index (χ0n) is 9.58. The highest BCUT2D eigenvalue weighted by Crippen LogP contribution is 2.26. The summed E-state index contributed by atoms with van der Waals surface area (Å²) in [6.45, 7) is 0. The monoisotopic (exact) mass is 320 g/mol. The van der Waals surface area contributed by atoms with Gasteiger partial charge in [0.15, 0.2) is 15.7 Å². The molecule has 0 radical (unpaired) electrons. The van der Waals surface area contributed by atoms with Crippen LogP contribution in [0.5, 0.6) is 0 Å². The minimum Gasteiger partial charge on any atom is -0.478 e. The molecule has 2 rings (SSSR count). The van der Waals surface area contributed by atoms with E-state index in [4.69, 9.17) is 16.7 Å². The van der Waals surface area contributed by atoms with Gasteiger partial charge in [-0.3, -0.25) is 0 Å². The third-order valence-corrected chi connectivity index (χ3v) is 4.29. The topological polar surface area (TPSA) is 110 Å². The van der Waals surface area contributed by atoms with Crippen molar-refractivity contribution < 1.29 is 27.2 Å². The van der Waals surface area contributed by atoms with Gasteiger partial charge in [0.1, 0.15) is 11.6 Å². The van der Waals surface area contributed by atoms with Crippen LogP contribution in [0.3, 0.4) is 0 Å². The number of benzene rings is 1. The number of hydrogen-bond acceptors (Lipinski definition) is 6. The molecule has 0 unspecified atom stereocenters. The van der Waals surface area contributed by atoms with E-state index in [0.717, 1.165) is 12.5 Å². The Morgan fingerprint density at radius 2 is 2.15 bits per heavy atom. The first-order valence-corrected chi connectivity index (χ1v) is 7.04. The van der Waals surface area contributed by atoms with E-state index < -0.39 is 42.9 Å². The van der Waals surface area contributed by atoms with Crippen LogP contribution in [0, 0.1) is 5.82 Å². The number of nitrogens with zero attached hydrogens (tertiary/aromatic N) is 2. The highest BCUT2D eigenvalue weighted by molar-refractivity contribution is 7.90. The molecule has 0 aliphatic rings. The third-order valence-electron chi connectivity index (χ3n) is 2.32. The van der Waals surface area contributed by atoms with Crippen molar-refractivity contribution in [3.8, 4) is 0 Å². The number of hydrogen-bond donors (Lipinski definition) is 1. The fraction of sp³-hybridized carbons (Fsp3) is 0.100. The summed E-state index contributed by atoms with van der Waals surface area (Å²) in [6, 6.07) is 1.42. The van der Waals surface area contributed by atoms with Gasteiger partial charge in [0.2, 0.25) is 6.39 Å². The van der Waals surface area contributed by atoms with Crippen molar-refractivity contribution in [3.05, 3.63) is 40.8 Å². The molecule has 1 heterocycles. The van der Waals surface area contributed by atoms with Crippen LogP contribution in [0.2, 0.25) is 5.02 Å². The van der Waals surface area contributed by atoms with Crippen molar-refractivity contribution >= 4 is 27.4 Å². The second kappa shape index (κ2) is 5.17. The summed E-state index contributed by atoms with van der Waals surface area (Å²) in [5.74, 6) is -3.45. The minimum atomic E-state index is -4.03. The average molecular weight is 321 g/mol. The summed E-state index contributed by atoms with van der Waals surface area (Å²) in [6.07, 6.45) is 0.940. The van der Waals surface area contributed by atoms with Gasteiger partial charge >= 0.3 is 5.97 Å². The first kappa shape index (κ1) is 14.4. The number of rotatable bonds is 4. The smallest absolute Gasteiger partial charge is 0.337 e. The SMILES string of the molecule is O=C(O)c1cc(S(=O)(=O)Cc2ncon2)cc(F)c1Cl.